The number of aliphatic hydroxyl groups is 2. The van der Waals surface area contributed by atoms with Gasteiger partial charge in [-0.2, -0.15) is 0 Å². The van der Waals surface area contributed by atoms with E-state index in [0.717, 1.165) is 0 Å². The topological polar surface area (TPSA) is 115 Å². The Balaban J connectivity index is 3.85. The Hall–Kier alpha value is -1.14. The minimum atomic E-state index is -1.67. The Morgan fingerprint density at radius 2 is 1.71 bits per heavy atom. The molecule has 6 heteroatoms. The van der Waals surface area contributed by atoms with Gasteiger partial charge in [0.15, 0.2) is 6.29 Å². The van der Waals surface area contributed by atoms with Crippen LogP contribution in [0, 0.1) is 5.92 Å². The van der Waals surface area contributed by atoms with E-state index in [0.29, 0.717) is 0 Å². The van der Waals surface area contributed by atoms with Crippen molar-refractivity contribution in [2.24, 2.45) is 5.92 Å². The first-order valence-electron chi connectivity index (χ1n) is 4.24. The van der Waals surface area contributed by atoms with Crippen molar-refractivity contribution in [3.63, 3.8) is 0 Å². The van der Waals surface area contributed by atoms with Crippen LogP contribution in [0.3, 0.4) is 0 Å². The molecule has 0 aromatic rings. The van der Waals surface area contributed by atoms with Gasteiger partial charge in [-0.1, -0.05) is 0 Å². The zero-order chi connectivity index (χ0) is 11.1. The average Bonchev–Trinajstić information content (AvgIpc) is 2.00. The second kappa shape index (κ2) is 6.33. The van der Waals surface area contributed by atoms with Gasteiger partial charge in [0.1, 0.15) is 0 Å². The summed E-state index contributed by atoms with van der Waals surface area (Å²) in [5.74, 6) is -3.02. The third-order valence-electron chi connectivity index (χ3n) is 1.79. The predicted molar refractivity (Wildman–Crippen MR) is 45.5 cm³/mol. The summed E-state index contributed by atoms with van der Waals surface area (Å²) in [5, 5.41) is 34.0. The number of carbonyl (C=O) groups is 2. The first-order valence-corrected chi connectivity index (χ1v) is 4.24. The highest BCUT2D eigenvalue weighted by Gasteiger charge is 2.20. The van der Waals surface area contributed by atoms with Crippen LogP contribution < -0.4 is 0 Å². The number of aliphatic hydroxyl groups excluding tert-OH is 1. The SMILES string of the molecule is O=C(O)CCCC(CC(O)O)C(=O)O. The molecule has 4 N–H and O–H groups in total. The molecule has 14 heavy (non-hydrogen) atoms. The molecular formula is C8H14O6. The predicted octanol–water partition coefficient (Wildman–Crippen LogP) is -0.357. The molecule has 0 fully saturated rings. The first-order chi connectivity index (χ1) is 6.43. The minimum Gasteiger partial charge on any atom is -0.481 e. The van der Waals surface area contributed by atoms with Crippen LogP contribution in [0.15, 0.2) is 0 Å². The van der Waals surface area contributed by atoms with Crippen LogP contribution in [-0.4, -0.2) is 38.7 Å². The highest BCUT2D eigenvalue weighted by atomic mass is 16.5. The van der Waals surface area contributed by atoms with E-state index in [1.807, 2.05) is 0 Å². The molecule has 0 bridgehead atoms. The van der Waals surface area contributed by atoms with Crippen molar-refractivity contribution in [3.05, 3.63) is 0 Å². The summed E-state index contributed by atoms with van der Waals surface area (Å²) in [5.41, 5.74) is 0. The molecule has 0 saturated heterocycles. The molecular weight excluding hydrogens is 192 g/mol. The standard InChI is InChI=1S/C8H14O6/c9-6(10)3-1-2-5(8(13)14)4-7(11)12/h5,7,11-12H,1-4H2,(H,9,10)(H,13,14). The lowest BCUT2D eigenvalue weighted by Crippen LogP contribution is -2.20. The zero-order valence-electron chi connectivity index (χ0n) is 7.59. The maximum Gasteiger partial charge on any atom is 0.306 e. The number of aliphatic carboxylic acids is 2. The van der Waals surface area contributed by atoms with Crippen LogP contribution in [-0.2, 0) is 9.59 Å². The van der Waals surface area contributed by atoms with Gasteiger partial charge < -0.3 is 20.4 Å². The molecule has 6 nitrogen and oxygen atoms in total. The molecule has 0 aliphatic heterocycles. The Morgan fingerprint density at radius 3 is 2.07 bits per heavy atom. The lowest BCUT2D eigenvalue weighted by atomic mass is 9.98. The Morgan fingerprint density at radius 1 is 1.14 bits per heavy atom. The lowest BCUT2D eigenvalue weighted by Gasteiger charge is -2.12. The van der Waals surface area contributed by atoms with E-state index >= 15 is 0 Å². The number of hydrogen-bond acceptors (Lipinski definition) is 4. The van der Waals surface area contributed by atoms with Crippen molar-refractivity contribution in [2.75, 3.05) is 0 Å². The second-order valence-corrected chi connectivity index (χ2v) is 3.04. The molecule has 0 amide bonds. The maximum atomic E-state index is 10.5. The molecule has 0 aromatic heterocycles. The van der Waals surface area contributed by atoms with Gasteiger partial charge in [-0.3, -0.25) is 9.59 Å². The second-order valence-electron chi connectivity index (χ2n) is 3.04. The van der Waals surface area contributed by atoms with Crippen LogP contribution in [0.5, 0.6) is 0 Å². The number of carboxylic acid groups (broad SMARTS) is 2. The van der Waals surface area contributed by atoms with Gasteiger partial charge >= 0.3 is 11.9 Å². The lowest BCUT2D eigenvalue weighted by molar-refractivity contribution is -0.147. The van der Waals surface area contributed by atoms with E-state index in [-0.39, 0.29) is 25.7 Å². The molecule has 0 radical (unpaired) electrons. The molecule has 0 aliphatic carbocycles. The molecule has 1 unspecified atom stereocenters. The Kier molecular flexibility index (Phi) is 5.82. The van der Waals surface area contributed by atoms with Crippen LogP contribution in [0.2, 0.25) is 0 Å². The van der Waals surface area contributed by atoms with Crippen molar-refractivity contribution in [2.45, 2.75) is 32.0 Å². The highest BCUT2D eigenvalue weighted by Crippen LogP contribution is 2.14. The van der Waals surface area contributed by atoms with E-state index in [1.54, 1.807) is 0 Å². The Bertz CT molecular complexity index is 200. The van der Waals surface area contributed by atoms with Crippen LogP contribution in [0.25, 0.3) is 0 Å². The smallest absolute Gasteiger partial charge is 0.306 e. The molecule has 0 rings (SSSR count). The third kappa shape index (κ3) is 6.38. The van der Waals surface area contributed by atoms with Gasteiger partial charge in [0.05, 0.1) is 5.92 Å². The monoisotopic (exact) mass is 206 g/mol. The van der Waals surface area contributed by atoms with Gasteiger partial charge in [0, 0.05) is 12.8 Å². The van der Waals surface area contributed by atoms with Gasteiger partial charge in [-0.05, 0) is 12.8 Å². The summed E-state index contributed by atoms with van der Waals surface area (Å²) in [7, 11) is 0. The van der Waals surface area contributed by atoms with E-state index in [4.69, 9.17) is 20.4 Å². The van der Waals surface area contributed by atoms with Crippen LogP contribution in [0.4, 0.5) is 0 Å². The molecule has 0 saturated carbocycles. The molecule has 82 valence electrons. The van der Waals surface area contributed by atoms with Gasteiger partial charge in [-0.15, -0.1) is 0 Å². The van der Waals surface area contributed by atoms with Crippen molar-refractivity contribution in [3.8, 4) is 0 Å². The molecule has 0 heterocycles. The fourth-order valence-corrected chi connectivity index (χ4v) is 1.10. The van der Waals surface area contributed by atoms with Crippen molar-refractivity contribution < 1.29 is 30.0 Å². The maximum absolute atomic E-state index is 10.5. The van der Waals surface area contributed by atoms with Crippen molar-refractivity contribution in [1.82, 2.24) is 0 Å². The van der Waals surface area contributed by atoms with Gasteiger partial charge in [-0.25, -0.2) is 0 Å². The fourth-order valence-electron chi connectivity index (χ4n) is 1.10. The van der Waals surface area contributed by atoms with Crippen molar-refractivity contribution >= 4 is 11.9 Å². The molecule has 0 aromatic carbocycles. The third-order valence-corrected chi connectivity index (χ3v) is 1.79. The number of carboxylic acids is 2. The summed E-state index contributed by atoms with van der Waals surface area (Å²) < 4.78 is 0. The summed E-state index contributed by atoms with van der Waals surface area (Å²) >= 11 is 0. The van der Waals surface area contributed by atoms with E-state index in [1.165, 1.54) is 0 Å². The largest absolute Gasteiger partial charge is 0.481 e. The zero-order valence-corrected chi connectivity index (χ0v) is 7.59. The number of rotatable bonds is 7. The molecule has 1 atom stereocenters. The average molecular weight is 206 g/mol. The highest BCUT2D eigenvalue weighted by molar-refractivity contribution is 5.70. The first kappa shape index (κ1) is 12.9. The quantitative estimate of drug-likeness (QED) is 0.423. The summed E-state index contributed by atoms with van der Waals surface area (Å²) in [6, 6.07) is 0. The van der Waals surface area contributed by atoms with E-state index in [2.05, 4.69) is 0 Å². The van der Waals surface area contributed by atoms with E-state index in [9.17, 15) is 9.59 Å². The normalized spacial score (nSPS) is 12.8. The molecule has 0 aliphatic rings. The summed E-state index contributed by atoms with van der Waals surface area (Å²) in [6.07, 6.45) is -1.68. The summed E-state index contributed by atoms with van der Waals surface area (Å²) in [4.78, 5) is 20.7. The fraction of sp³-hybridized carbons (Fsp3) is 0.750. The van der Waals surface area contributed by atoms with Crippen LogP contribution >= 0.6 is 0 Å². The van der Waals surface area contributed by atoms with E-state index < -0.39 is 24.1 Å². The van der Waals surface area contributed by atoms with Crippen molar-refractivity contribution in [1.29, 1.82) is 0 Å². The molecule has 0 spiro atoms. The minimum absolute atomic E-state index is 0.106. The van der Waals surface area contributed by atoms with Crippen LogP contribution in [0.1, 0.15) is 25.7 Å². The van der Waals surface area contributed by atoms with Gasteiger partial charge in [0.2, 0.25) is 0 Å². The summed E-state index contributed by atoms with van der Waals surface area (Å²) in [6.45, 7) is 0. The van der Waals surface area contributed by atoms with Gasteiger partial charge in [0.25, 0.3) is 0 Å². The number of hydrogen-bond donors (Lipinski definition) is 4. The Labute approximate surface area is 80.8 Å².